The number of benzene rings is 1. The molecular formula is C22H24N4O2. The average molecular weight is 376 g/mol. The van der Waals surface area contributed by atoms with Crippen molar-refractivity contribution in [1.82, 2.24) is 14.9 Å². The first-order chi connectivity index (χ1) is 13.6. The lowest BCUT2D eigenvalue weighted by atomic mass is 10.1. The van der Waals surface area contributed by atoms with Gasteiger partial charge in [-0.05, 0) is 43.7 Å². The molecule has 4 rings (SSSR count). The van der Waals surface area contributed by atoms with Gasteiger partial charge in [-0.3, -0.25) is 9.59 Å². The number of aryl methyl sites for hydroxylation is 2. The molecule has 1 aliphatic heterocycles. The van der Waals surface area contributed by atoms with Gasteiger partial charge >= 0.3 is 0 Å². The van der Waals surface area contributed by atoms with E-state index in [1.807, 2.05) is 55.6 Å². The van der Waals surface area contributed by atoms with Gasteiger partial charge in [-0.2, -0.15) is 0 Å². The number of nitrogens with one attached hydrogen (secondary N) is 1. The Kier molecular flexibility index (Phi) is 5.10. The highest BCUT2D eigenvalue weighted by atomic mass is 16.2. The summed E-state index contributed by atoms with van der Waals surface area (Å²) in [7, 11) is 0. The maximum absolute atomic E-state index is 12.5. The van der Waals surface area contributed by atoms with Gasteiger partial charge in [-0.1, -0.05) is 17.7 Å². The minimum atomic E-state index is -0.289. The Bertz CT molecular complexity index is 993. The summed E-state index contributed by atoms with van der Waals surface area (Å²) >= 11 is 0. The zero-order valence-electron chi connectivity index (χ0n) is 16.0. The molecule has 3 aromatic rings. The molecule has 0 aliphatic carbocycles. The van der Waals surface area contributed by atoms with Crippen LogP contribution in [0, 0.1) is 12.8 Å². The summed E-state index contributed by atoms with van der Waals surface area (Å²) in [6.07, 6.45) is 4.90. The quantitative estimate of drug-likeness (QED) is 0.673. The molecule has 0 bridgehead atoms. The minimum Gasteiger partial charge on any atom is -0.356 e. The molecule has 6 nitrogen and oxygen atoms in total. The van der Waals surface area contributed by atoms with Crippen LogP contribution in [-0.4, -0.2) is 34.5 Å². The molecule has 1 aliphatic rings. The van der Waals surface area contributed by atoms with E-state index in [-0.39, 0.29) is 24.2 Å². The minimum absolute atomic E-state index is 0.00823. The number of fused-ring (bicyclic) bond motifs is 1. The Balaban J connectivity index is 1.27. The van der Waals surface area contributed by atoms with E-state index < -0.39 is 0 Å². The van der Waals surface area contributed by atoms with Crippen molar-refractivity contribution in [2.24, 2.45) is 5.92 Å². The molecule has 0 saturated carbocycles. The van der Waals surface area contributed by atoms with Crippen LogP contribution in [0.5, 0.6) is 0 Å². The van der Waals surface area contributed by atoms with E-state index >= 15 is 0 Å². The van der Waals surface area contributed by atoms with Crippen molar-refractivity contribution in [1.29, 1.82) is 0 Å². The number of anilines is 1. The lowest BCUT2D eigenvalue weighted by Crippen LogP contribution is -2.33. The third-order valence-corrected chi connectivity index (χ3v) is 5.24. The lowest BCUT2D eigenvalue weighted by molar-refractivity contribution is -0.126. The summed E-state index contributed by atoms with van der Waals surface area (Å²) in [5.41, 5.74) is 2.97. The molecule has 1 fully saturated rings. The van der Waals surface area contributed by atoms with Gasteiger partial charge in [0.1, 0.15) is 5.65 Å². The van der Waals surface area contributed by atoms with Crippen LogP contribution < -0.4 is 10.2 Å². The van der Waals surface area contributed by atoms with Crippen LogP contribution in [0.25, 0.3) is 11.0 Å². The van der Waals surface area contributed by atoms with Crippen molar-refractivity contribution in [2.45, 2.75) is 26.3 Å². The number of rotatable bonds is 6. The number of pyridine rings is 1. The summed E-state index contributed by atoms with van der Waals surface area (Å²) in [5, 5.41) is 4.10. The first-order valence-electron chi connectivity index (χ1n) is 9.66. The van der Waals surface area contributed by atoms with Gasteiger partial charge in [0.2, 0.25) is 11.8 Å². The van der Waals surface area contributed by atoms with Gasteiger partial charge in [-0.15, -0.1) is 0 Å². The van der Waals surface area contributed by atoms with Crippen molar-refractivity contribution < 1.29 is 9.59 Å². The van der Waals surface area contributed by atoms with E-state index in [1.165, 1.54) is 0 Å². The standard InChI is InChI=1S/C22H24N4O2/c1-16-5-7-19(8-6-16)26-15-18(14-20(26)27)22(28)24-11-3-12-25-13-9-17-4-2-10-23-21(17)25/h2,4-10,13,18H,3,11-12,14-15H2,1H3,(H,24,28). The van der Waals surface area contributed by atoms with E-state index in [0.29, 0.717) is 13.1 Å². The third kappa shape index (κ3) is 3.76. The second-order valence-electron chi connectivity index (χ2n) is 7.31. The fraction of sp³-hybridized carbons (Fsp3) is 0.318. The van der Waals surface area contributed by atoms with Crippen LogP contribution in [0.1, 0.15) is 18.4 Å². The van der Waals surface area contributed by atoms with Gasteiger partial charge in [0.05, 0.1) is 5.92 Å². The largest absolute Gasteiger partial charge is 0.356 e. The summed E-state index contributed by atoms with van der Waals surface area (Å²) in [6, 6.07) is 13.8. The summed E-state index contributed by atoms with van der Waals surface area (Å²) in [6.45, 7) is 3.83. The molecule has 1 N–H and O–H groups in total. The fourth-order valence-electron chi connectivity index (χ4n) is 3.66. The van der Waals surface area contributed by atoms with Gasteiger partial charge in [0.15, 0.2) is 0 Å². The number of carbonyl (C=O) groups is 2. The van der Waals surface area contributed by atoms with Crippen LogP contribution >= 0.6 is 0 Å². The SMILES string of the molecule is Cc1ccc(N2CC(C(=O)NCCCn3ccc4cccnc43)CC2=O)cc1. The number of aromatic nitrogens is 2. The molecule has 1 unspecified atom stereocenters. The van der Waals surface area contributed by atoms with Crippen molar-refractivity contribution >= 4 is 28.5 Å². The van der Waals surface area contributed by atoms with Crippen molar-refractivity contribution in [3.63, 3.8) is 0 Å². The van der Waals surface area contributed by atoms with Crippen molar-refractivity contribution in [3.8, 4) is 0 Å². The summed E-state index contributed by atoms with van der Waals surface area (Å²) in [4.78, 5) is 30.9. The lowest BCUT2D eigenvalue weighted by Gasteiger charge is -2.17. The second kappa shape index (κ2) is 7.84. The van der Waals surface area contributed by atoms with Gasteiger partial charge < -0.3 is 14.8 Å². The Labute approximate surface area is 164 Å². The molecule has 1 atom stereocenters. The smallest absolute Gasteiger partial charge is 0.227 e. The van der Waals surface area contributed by atoms with Gasteiger partial charge in [0.25, 0.3) is 0 Å². The van der Waals surface area contributed by atoms with E-state index in [4.69, 9.17) is 0 Å². The highest BCUT2D eigenvalue weighted by molar-refractivity contribution is 6.00. The normalized spacial score (nSPS) is 16.7. The predicted octanol–water partition coefficient (Wildman–Crippen LogP) is 2.90. The summed E-state index contributed by atoms with van der Waals surface area (Å²) in [5.74, 6) is -0.324. The second-order valence-corrected chi connectivity index (χ2v) is 7.31. The first-order valence-corrected chi connectivity index (χ1v) is 9.66. The first kappa shape index (κ1) is 18.2. The number of carbonyl (C=O) groups excluding carboxylic acids is 2. The van der Waals surface area contributed by atoms with E-state index in [9.17, 15) is 9.59 Å². The molecule has 2 amide bonds. The highest BCUT2D eigenvalue weighted by Gasteiger charge is 2.34. The molecule has 28 heavy (non-hydrogen) atoms. The molecule has 0 radical (unpaired) electrons. The molecule has 1 aromatic carbocycles. The molecule has 0 spiro atoms. The molecule has 2 aromatic heterocycles. The van der Waals surface area contributed by atoms with E-state index in [0.717, 1.165) is 35.2 Å². The van der Waals surface area contributed by atoms with Crippen LogP contribution in [0.3, 0.4) is 0 Å². The number of nitrogens with zero attached hydrogens (tertiary/aromatic N) is 3. The fourth-order valence-corrected chi connectivity index (χ4v) is 3.66. The zero-order chi connectivity index (χ0) is 19.5. The number of hydrogen-bond donors (Lipinski definition) is 1. The van der Waals surface area contributed by atoms with Gasteiger partial charge in [0, 0.05) is 49.5 Å². The van der Waals surface area contributed by atoms with Crippen LogP contribution in [0.4, 0.5) is 5.69 Å². The average Bonchev–Trinajstić information content (AvgIpc) is 3.29. The maximum atomic E-state index is 12.5. The monoisotopic (exact) mass is 376 g/mol. The van der Waals surface area contributed by atoms with Crippen LogP contribution in [0.15, 0.2) is 54.9 Å². The highest BCUT2D eigenvalue weighted by Crippen LogP contribution is 2.25. The molecular weight excluding hydrogens is 352 g/mol. The van der Waals surface area contributed by atoms with Crippen LogP contribution in [-0.2, 0) is 16.1 Å². The van der Waals surface area contributed by atoms with E-state index in [2.05, 4.69) is 14.9 Å². The van der Waals surface area contributed by atoms with Crippen molar-refractivity contribution in [3.05, 3.63) is 60.4 Å². The summed E-state index contributed by atoms with van der Waals surface area (Å²) < 4.78 is 2.10. The Hall–Kier alpha value is -3.15. The Morgan fingerprint density at radius 2 is 2.04 bits per heavy atom. The third-order valence-electron chi connectivity index (χ3n) is 5.24. The molecule has 144 valence electrons. The van der Waals surface area contributed by atoms with E-state index in [1.54, 1.807) is 11.1 Å². The Morgan fingerprint density at radius 1 is 1.21 bits per heavy atom. The molecule has 6 heteroatoms. The predicted molar refractivity (Wildman–Crippen MR) is 109 cm³/mol. The van der Waals surface area contributed by atoms with Gasteiger partial charge in [-0.25, -0.2) is 4.98 Å². The molecule has 3 heterocycles. The zero-order valence-corrected chi connectivity index (χ0v) is 16.0. The number of amides is 2. The maximum Gasteiger partial charge on any atom is 0.227 e. The number of hydrogen-bond acceptors (Lipinski definition) is 3. The topological polar surface area (TPSA) is 67.2 Å². The van der Waals surface area contributed by atoms with Crippen LogP contribution in [0.2, 0.25) is 0 Å². The van der Waals surface area contributed by atoms with Crippen molar-refractivity contribution in [2.75, 3.05) is 18.0 Å². The Morgan fingerprint density at radius 3 is 2.86 bits per heavy atom. The molecule has 1 saturated heterocycles.